The van der Waals surface area contributed by atoms with Crippen LogP contribution >= 0.6 is 11.6 Å². The van der Waals surface area contributed by atoms with E-state index in [9.17, 15) is 9.59 Å². The van der Waals surface area contributed by atoms with Crippen LogP contribution in [0.4, 0.5) is 0 Å². The maximum Gasteiger partial charge on any atom is 0.339 e. The van der Waals surface area contributed by atoms with E-state index in [1.54, 1.807) is 7.05 Å². The number of esters is 1. The molecule has 7 nitrogen and oxygen atoms in total. The van der Waals surface area contributed by atoms with Gasteiger partial charge in [-0.2, -0.15) is 5.26 Å². The molecule has 0 unspecified atom stereocenters. The number of hydrogen-bond donors (Lipinski definition) is 0. The van der Waals surface area contributed by atoms with Crippen molar-refractivity contribution in [1.29, 1.82) is 5.26 Å². The molecule has 2 rings (SSSR count). The normalized spacial score (nSPS) is 13.6. The molecule has 1 heterocycles. The first-order valence-corrected chi connectivity index (χ1v) is 7.74. The number of carbonyl (C=O) groups is 2. The average molecular weight is 353 g/mol. The van der Waals surface area contributed by atoms with Crippen LogP contribution in [0, 0.1) is 11.3 Å². The van der Waals surface area contributed by atoms with Crippen LogP contribution < -0.4 is 9.47 Å². The highest BCUT2D eigenvalue weighted by molar-refractivity contribution is 6.32. The third kappa shape index (κ3) is 4.09. The Balaban J connectivity index is 2.05. The van der Waals surface area contributed by atoms with E-state index in [2.05, 4.69) is 0 Å². The van der Waals surface area contributed by atoms with Crippen LogP contribution in [0.1, 0.15) is 23.7 Å². The van der Waals surface area contributed by atoms with E-state index in [0.29, 0.717) is 24.7 Å². The topological polar surface area (TPSA) is 88.9 Å². The van der Waals surface area contributed by atoms with Gasteiger partial charge >= 0.3 is 5.97 Å². The molecular formula is C16H17ClN2O5. The van der Waals surface area contributed by atoms with Crippen molar-refractivity contribution in [2.45, 2.75) is 19.4 Å². The lowest BCUT2D eigenvalue weighted by atomic mass is 10.2. The van der Waals surface area contributed by atoms with Gasteiger partial charge in [-0.25, -0.2) is 4.79 Å². The Kier molecular flexibility index (Phi) is 5.88. The Bertz CT molecular complexity index is 686. The fraction of sp³-hybridized carbons (Fsp3) is 0.438. The standard InChI is InChI=1S/C16H17ClN2O5/c1-10(15(20)19(2)5-3-4-18)24-16(21)11-8-12(17)14-13(9-11)22-6-7-23-14/h8-10H,3,5-7H2,1-2H3/t10-/m1/s1. The first kappa shape index (κ1) is 17.9. The predicted octanol–water partition coefficient (Wildman–Crippen LogP) is 2.03. The molecule has 0 saturated heterocycles. The lowest BCUT2D eigenvalue weighted by Crippen LogP contribution is -2.37. The molecule has 8 heteroatoms. The monoisotopic (exact) mass is 352 g/mol. The van der Waals surface area contributed by atoms with Crippen LogP contribution in [-0.2, 0) is 9.53 Å². The molecule has 1 aromatic carbocycles. The van der Waals surface area contributed by atoms with E-state index in [0.717, 1.165) is 0 Å². The quantitative estimate of drug-likeness (QED) is 0.753. The number of nitrogens with zero attached hydrogens (tertiary/aromatic N) is 2. The van der Waals surface area contributed by atoms with Crippen LogP contribution in [0.25, 0.3) is 0 Å². The molecule has 1 atom stereocenters. The summed E-state index contributed by atoms with van der Waals surface area (Å²) in [5, 5.41) is 8.78. The fourth-order valence-electron chi connectivity index (χ4n) is 2.15. The molecule has 1 amide bonds. The van der Waals surface area contributed by atoms with Gasteiger partial charge < -0.3 is 19.1 Å². The van der Waals surface area contributed by atoms with Crippen molar-refractivity contribution in [2.24, 2.45) is 0 Å². The molecule has 0 radical (unpaired) electrons. The van der Waals surface area contributed by atoms with Gasteiger partial charge in [0.25, 0.3) is 5.91 Å². The molecule has 1 aliphatic rings. The highest BCUT2D eigenvalue weighted by atomic mass is 35.5. The molecule has 0 spiro atoms. The minimum absolute atomic E-state index is 0.170. The van der Waals surface area contributed by atoms with Crippen LogP contribution in [-0.4, -0.2) is 49.7 Å². The molecule has 0 aromatic heterocycles. The van der Waals surface area contributed by atoms with Gasteiger partial charge in [0.1, 0.15) is 13.2 Å². The molecule has 0 bridgehead atoms. The molecule has 24 heavy (non-hydrogen) atoms. The Morgan fingerprint density at radius 3 is 2.83 bits per heavy atom. The van der Waals surface area contributed by atoms with Crippen LogP contribution in [0.3, 0.4) is 0 Å². The summed E-state index contributed by atoms with van der Waals surface area (Å²) < 4.78 is 16.0. The second-order valence-corrected chi connectivity index (χ2v) is 5.60. The maximum atomic E-state index is 12.2. The third-order valence-electron chi connectivity index (χ3n) is 3.40. The van der Waals surface area contributed by atoms with Crippen molar-refractivity contribution in [3.63, 3.8) is 0 Å². The SMILES string of the molecule is C[C@@H](OC(=O)c1cc(Cl)c2c(c1)OCCO2)C(=O)N(C)CCC#N. The van der Waals surface area contributed by atoms with Crippen molar-refractivity contribution in [1.82, 2.24) is 4.90 Å². The smallest absolute Gasteiger partial charge is 0.339 e. The van der Waals surface area contributed by atoms with Gasteiger partial charge in [0, 0.05) is 13.6 Å². The number of fused-ring (bicyclic) bond motifs is 1. The second kappa shape index (κ2) is 7.88. The number of benzene rings is 1. The highest BCUT2D eigenvalue weighted by Gasteiger charge is 2.24. The lowest BCUT2D eigenvalue weighted by Gasteiger charge is -2.22. The molecule has 128 valence electrons. The number of hydrogen-bond acceptors (Lipinski definition) is 6. The summed E-state index contributed by atoms with van der Waals surface area (Å²) >= 11 is 6.08. The van der Waals surface area contributed by atoms with Crippen molar-refractivity contribution < 1.29 is 23.8 Å². The largest absolute Gasteiger partial charge is 0.486 e. The summed E-state index contributed by atoms with van der Waals surface area (Å²) in [6.45, 7) is 2.49. The Morgan fingerprint density at radius 2 is 2.12 bits per heavy atom. The summed E-state index contributed by atoms with van der Waals surface area (Å²) in [6.07, 6.45) is -0.770. The summed E-state index contributed by atoms with van der Waals surface area (Å²) in [5.41, 5.74) is 0.170. The van der Waals surface area contributed by atoms with Gasteiger partial charge in [0.05, 0.1) is 23.1 Å². The molecule has 1 aromatic rings. The summed E-state index contributed by atoms with van der Waals surface area (Å²) in [7, 11) is 1.55. The van der Waals surface area contributed by atoms with E-state index >= 15 is 0 Å². The fourth-order valence-corrected chi connectivity index (χ4v) is 2.41. The zero-order valence-electron chi connectivity index (χ0n) is 13.4. The number of nitriles is 1. The highest BCUT2D eigenvalue weighted by Crippen LogP contribution is 2.38. The van der Waals surface area contributed by atoms with Crippen molar-refractivity contribution in [3.8, 4) is 17.6 Å². The predicted molar refractivity (Wildman–Crippen MR) is 85.2 cm³/mol. The number of ether oxygens (including phenoxy) is 3. The van der Waals surface area contributed by atoms with Crippen molar-refractivity contribution in [3.05, 3.63) is 22.7 Å². The number of likely N-dealkylation sites (N-methyl/N-ethyl adjacent to an activating group) is 1. The van der Waals surface area contributed by atoms with Gasteiger partial charge in [-0.15, -0.1) is 0 Å². The Labute approximate surface area is 144 Å². The maximum absolute atomic E-state index is 12.2. The number of rotatable bonds is 5. The molecule has 0 fully saturated rings. The first-order chi connectivity index (χ1) is 11.4. The Morgan fingerprint density at radius 1 is 1.42 bits per heavy atom. The molecule has 0 N–H and O–H groups in total. The molecular weight excluding hydrogens is 336 g/mol. The molecule has 1 aliphatic heterocycles. The molecule has 0 aliphatic carbocycles. The zero-order chi connectivity index (χ0) is 17.7. The van der Waals surface area contributed by atoms with E-state index in [1.807, 2.05) is 6.07 Å². The summed E-state index contributed by atoms with van der Waals surface area (Å²) in [5.74, 6) is -0.323. The van der Waals surface area contributed by atoms with Gasteiger partial charge in [-0.1, -0.05) is 11.6 Å². The minimum Gasteiger partial charge on any atom is -0.486 e. The Hall–Kier alpha value is -2.46. The average Bonchev–Trinajstić information content (AvgIpc) is 2.58. The lowest BCUT2D eigenvalue weighted by molar-refractivity contribution is -0.138. The van der Waals surface area contributed by atoms with Gasteiger partial charge in [0.2, 0.25) is 0 Å². The van der Waals surface area contributed by atoms with E-state index in [1.165, 1.54) is 24.0 Å². The first-order valence-electron chi connectivity index (χ1n) is 7.36. The van der Waals surface area contributed by atoms with E-state index < -0.39 is 12.1 Å². The van der Waals surface area contributed by atoms with Crippen LogP contribution in [0.2, 0.25) is 5.02 Å². The van der Waals surface area contributed by atoms with E-state index in [4.69, 9.17) is 31.1 Å². The van der Waals surface area contributed by atoms with Gasteiger partial charge in [-0.05, 0) is 19.1 Å². The summed E-state index contributed by atoms with van der Waals surface area (Å²) in [6, 6.07) is 4.83. The van der Waals surface area contributed by atoms with E-state index in [-0.39, 0.29) is 29.5 Å². The number of amides is 1. The van der Waals surface area contributed by atoms with Crippen LogP contribution in [0.15, 0.2) is 12.1 Å². The zero-order valence-corrected chi connectivity index (χ0v) is 14.1. The van der Waals surface area contributed by atoms with Gasteiger partial charge in [0.15, 0.2) is 17.6 Å². The van der Waals surface area contributed by atoms with Gasteiger partial charge in [-0.3, -0.25) is 4.79 Å². The number of halogens is 1. The van der Waals surface area contributed by atoms with Crippen LogP contribution in [0.5, 0.6) is 11.5 Å². The minimum atomic E-state index is -0.979. The molecule has 0 saturated carbocycles. The number of carbonyl (C=O) groups excluding carboxylic acids is 2. The third-order valence-corrected chi connectivity index (χ3v) is 3.68. The summed E-state index contributed by atoms with van der Waals surface area (Å²) in [4.78, 5) is 25.7. The van der Waals surface area contributed by atoms with Crippen molar-refractivity contribution in [2.75, 3.05) is 26.8 Å². The second-order valence-electron chi connectivity index (χ2n) is 5.20. The van der Waals surface area contributed by atoms with Crippen molar-refractivity contribution >= 4 is 23.5 Å².